The standard InChI is InChI=1S/C31H31Cl2N3O5/c32-20-13-14-23(24(33)16-20)29-28(30(39)35-41-17-19-11-9-18(10-12-19)15-27(34)38)21-5-1-2-6-22(21)31(40)36(29)25-7-3-4-8-26(25)37/h1-2,5-6,9-14,16,25-26,28-29,37H,3-4,7-8,15,17H2,(H2,34,38)(H,35,39)/t25-,26-,28+,29-/m0/s1. The molecule has 0 radical (unpaired) electrons. The van der Waals surface area contributed by atoms with Crippen molar-refractivity contribution in [2.45, 2.75) is 62.8 Å². The summed E-state index contributed by atoms with van der Waals surface area (Å²) in [6.07, 6.45) is 2.29. The summed E-state index contributed by atoms with van der Waals surface area (Å²) < 4.78 is 0. The van der Waals surface area contributed by atoms with Gasteiger partial charge in [0, 0.05) is 15.6 Å². The van der Waals surface area contributed by atoms with Gasteiger partial charge in [0.15, 0.2) is 0 Å². The fourth-order valence-corrected chi connectivity index (χ4v) is 6.42. The summed E-state index contributed by atoms with van der Waals surface area (Å²) in [5.41, 5.74) is 10.9. The Balaban J connectivity index is 1.48. The molecule has 3 amide bonds. The highest BCUT2D eigenvalue weighted by atomic mass is 35.5. The molecule has 1 aliphatic heterocycles. The molecule has 4 atom stereocenters. The van der Waals surface area contributed by atoms with E-state index in [1.807, 2.05) is 0 Å². The van der Waals surface area contributed by atoms with Gasteiger partial charge in [-0.3, -0.25) is 19.2 Å². The molecule has 0 bridgehead atoms. The van der Waals surface area contributed by atoms with Gasteiger partial charge < -0.3 is 15.7 Å². The van der Waals surface area contributed by atoms with Crippen molar-refractivity contribution >= 4 is 40.9 Å². The van der Waals surface area contributed by atoms with Crippen LogP contribution in [0, 0.1) is 0 Å². The number of hydroxylamine groups is 1. The normalized spacial score (nSPS) is 22.2. The fraction of sp³-hybridized carbons (Fsp3) is 0.323. The molecule has 8 nitrogen and oxygen atoms in total. The van der Waals surface area contributed by atoms with Crippen molar-refractivity contribution in [2.24, 2.45) is 5.73 Å². The topological polar surface area (TPSA) is 122 Å². The van der Waals surface area contributed by atoms with E-state index in [4.69, 9.17) is 33.8 Å². The van der Waals surface area contributed by atoms with Gasteiger partial charge in [-0.2, -0.15) is 0 Å². The Morgan fingerprint density at radius 2 is 1.68 bits per heavy atom. The number of aliphatic hydroxyl groups excluding tert-OH is 1. The first-order valence-corrected chi connectivity index (χ1v) is 14.3. The summed E-state index contributed by atoms with van der Waals surface area (Å²) in [6, 6.07) is 17.9. The zero-order chi connectivity index (χ0) is 29.1. The number of rotatable bonds is 8. The van der Waals surface area contributed by atoms with Crippen LogP contribution in [-0.4, -0.2) is 39.9 Å². The minimum absolute atomic E-state index is 0.0767. The average Bonchev–Trinajstić information content (AvgIpc) is 2.94. The van der Waals surface area contributed by atoms with Gasteiger partial charge in [-0.25, -0.2) is 5.48 Å². The lowest BCUT2D eigenvalue weighted by Gasteiger charge is -2.48. The number of nitrogens with zero attached hydrogens (tertiary/aromatic N) is 1. The molecule has 3 aromatic rings. The van der Waals surface area contributed by atoms with Gasteiger partial charge >= 0.3 is 0 Å². The predicted molar refractivity (Wildman–Crippen MR) is 155 cm³/mol. The monoisotopic (exact) mass is 595 g/mol. The molecule has 4 N–H and O–H groups in total. The maximum atomic E-state index is 14.0. The molecule has 2 aliphatic rings. The van der Waals surface area contributed by atoms with Crippen LogP contribution in [0.5, 0.6) is 0 Å². The molecule has 1 saturated carbocycles. The third kappa shape index (κ3) is 6.26. The zero-order valence-corrected chi connectivity index (χ0v) is 23.8. The highest BCUT2D eigenvalue weighted by Crippen LogP contribution is 2.47. The number of aliphatic hydroxyl groups is 1. The van der Waals surface area contributed by atoms with Crippen LogP contribution < -0.4 is 11.2 Å². The van der Waals surface area contributed by atoms with Gasteiger partial charge in [0.2, 0.25) is 5.91 Å². The molecule has 10 heteroatoms. The first-order chi connectivity index (χ1) is 19.7. The molecular formula is C31H31Cl2N3O5. The van der Waals surface area contributed by atoms with E-state index < -0.39 is 35.9 Å². The summed E-state index contributed by atoms with van der Waals surface area (Å²) in [6.45, 7) is 0.0767. The Morgan fingerprint density at radius 1 is 0.976 bits per heavy atom. The van der Waals surface area contributed by atoms with Gasteiger partial charge in [-0.05, 0) is 53.3 Å². The second-order valence-corrected chi connectivity index (χ2v) is 11.4. The van der Waals surface area contributed by atoms with Gasteiger partial charge in [-0.1, -0.05) is 84.6 Å². The van der Waals surface area contributed by atoms with Gasteiger partial charge in [0.1, 0.15) is 0 Å². The Labute approximate surface area is 248 Å². The number of primary amides is 1. The van der Waals surface area contributed by atoms with Crippen molar-refractivity contribution < 1.29 is 24.3 Å². The number of carbonyl (C=O) groups excluding carboxylic acids is 3. The minimum Gasteiger partial charge on any atom is -0.391 e. The number of amides is 3. The van der Waals surface area contributed by atoms with Crippen LogP contribution in [0.2, 0.25) is 10.0 Å². The van der Waals surface area contributed by atoms with E-state index in [1.165, 1.54) is 0 Å². The van der Waals surface area contributed by atoms with E-state index in [-0.39, 0.29) is 18.9 Å². The number of fused-ring (bicyclic) bond motifs is 1. The van der Waals surface area contributed by atoms with Crippen molar-refractivity contribution in [1.29, 1.82) is 0 Å². The number of carbonyl (C=O) groups is 3. The highest BCUT2D eigenvalue weighted by molar-refractivity contribution is 6.35. The van der Waals surface area contributed by atoms with Gasteiger partial charge in [0.25, 0.3) is 11.8 Å². The van der Waals surface area contributed by atoms with E-state index in [0.29, 0.717) is 39.6 Å². The molecule has 41 heavy (non-hydrogen) atoms. The molecule has 0 unspecified atom stereocenters. The van der Waals surface area contributed by atoms with Crippen LogP contribution in [0.3, 0.4) is 0 Å². The third-order valence-electron chi connectivity index (χ3n) is 7.80. The second kappa shape index (κ2) is 12.6. The number of hydrogen-bond acceptors (Lipinski definition) is 5. The van der Waals surface area contributed by atoms with E-state index in [9.17, 15) is 19.5 Å². The van der Waals surface area contributed by atoms with Crippen molar-refractivity contribution in [3.63, 3.8) is 0 Å². The molecule has 0 saturated heterocycles. The number of nitrogens with two attached hydrogens (primary N) is 1. The minimum atomic E-state index is -0.880. The average molecular weight is 597 g/mol. The van der Waals surface area contributed by atoms with Crippen LogP contribution in [0.25, 0.3) is 0 Å². The van der Waals surface area contributed by atoms with Crippen LogP contribution in [0.15, 0.2) is 66.7 Å². The summed E-state index contributed by atoms with van der Waals surface area (Å²) in [7, 11) is 0. The maximum Gasteiger partial charge on any atom is 0.255 e. The molecule has 3 aromatic carbocycles. The van der Waals surface area contributed by atoms with Crippen molar-refractivity contribution in [2.75, 3.05) is 0 Å². The zero-order valence-electron chi connectivity index (χ0n) is 22.3. The SMILES string of the molecule is NC(=O)Cc1ccc(CONC(=O)[C@@H]2c3ccccc3C(=O)N([C@H]3CCCC[C@@H]3O)[C@H]2c2ccc(Cl)cc2Cl)cc1. The summed E-state index contributed by atoms with van der Waals surface area (Å²) in [4.78, 5) is 46.4. The van der Waals surface area contributed by atoms with E-state index in [2.05, 4.69) is 5.48 Å². The van der Waals surface area contributed by atoms with Gasteiger partial charge in [-0.15, -0.1) is 0 Å². The molecule has 5 rings (SSSR count). The molecule has 214 valence electrons. The highest BCUT2D eigenvalue weighted by Gasteiger charge is 2.49. The molecular weight excluding hydrogens is 565 g/mol. The van der Waals surface area contributed by atoms with Gasteiger partial charge in [0.05, 0.1) is 37.1 Å². The number of benzene rings is 3. The first-order valence-electron chi connectivity index (χ1n) is 13.6. The Bertz CT molecular complexity index is 1450. The molecule has 1 fully saturated rings. The Kier molecular flexibility index (Phi) is 8.94. The fourth-order valence-electron chi connectivity index (χ4n) is 5.90. The number of nitrogens with one attached hydrogen (secondary N) is 1. The van der Waals surface area contributed by atoms with Crippen molar-refractivity contribution in [3.8, 4) is 0 Å². The largest absolute Gasteiger partial charge is 0.391 e. The van der Waals surface area contributed by atoms with Crippen LogP contribution in [-0.2, 0) is 27.5 Å². The summed E-state index contributed by atoms with van der Waals surface area (Å²) in [5.74, 6) is -2.02. The van der Waals surface area contributed by atoms with Crippen LogP contribution in [0.4, 0.5) is 0 Å². The van der Waals surface area contributed by atoms with Crippen molar-refractivity contribution in [3.05, 3.63) is 105 Å². The molecule has 0 aromatic heterocycles. The Morgan fingerprint density at radius 3 is 2.39 bits per heavy atom. The van der Waals surface area contributed by atoms with Crippen molar-refractivity contribution in [1.82, 2.24) is 10.4 Å². The third-order valence-corrected chi connectivity index (χ3v) is 8.37. The second-order valence-electron chi connectivity index (χ2n) is 10.5. The molecule has 1 aliphatic carbocycles. The summed E-state index contributed by atoms with van der Waals surface area (Å²) >= 11 is 12.9. The maximum absolute atomic E-state index is 14.0. The molecule has 0 spiro atoms. The molecule has 1 heterocycles. The smallest absolute Gasteiger partial charge is 0.255 e. The Hall–Kier alpha value is -3.43. The number of hydrogen-bond donors (Lipinski definition) is 3. The summed E-state index contributed by atoms with van der Waals surface area (Å²) in [5, 5.41) is 11.8. The lowest BCUT2D eigenvalue weighted by atomic mass is 9.77. The quantitative estimate of drug-likeness (QED) is 0.321. The lowest BCUT2D eigenvalue weighted by Crippen LogP contribution is -2.55. The van der Waals surface area contributed by atoms with E-state index >= 15 is 0 Å². The van der Waals surface area contributed by atoms with Crippen LogP contribution in [0.1, 0.15) is 70.3 Å². The lowest BCUT2D eigenvalue weighted by molar-refractivity contribution is -0.138. The predicted octanol–water partition coefficient (Wildman–Crippen LogP) is 4.85. The first kappa shape index (κ1) is 29.1. The van der Waals surface area contributed by atoms with E-state index in [1.54, 1.807) is 71.6 Å². The number of halogens is 2. The van der Waals surface area contributed by atoms with Crippen LogP contribution >= 0.6 is 23.2 Å². The van der Waals surface area contributed by atoms with E-state index in [0.717, 1.165) is 24.0 Å².